The molecule has 6 rings (SSSR count). The van der Waals surface area contributed by atoms with Crippen molar-refractivity contribution in [2.45, 2.75) is 37.1 Å². The van der Waals surface area contributed by atoms with Crippen LogP contribution in [0.5, 0.6) is 5.75 Å². The summed E-state index contributed by atoms with van der Waals surface area (Å²) in [5, 5.41) is 7.54. The molecule has 2 saturated heterocycles. The molecule has 0 atom stereocenters. The first kappa shape index (κ1) is 33.5. The minimum Gasteiger partial charge on any atom is -0.494 e. The SMILES string of the molecule is CCc1cc(Nc2ncc(SC)c(Nc3ccc4nccnc4c3P(C)(C)=O)n2)c(OC)cc1N1CCC(N2CCN(C)CC2)CC1. The number of thioether (sulfide) groups is 1. The van der Waals surface area contributed by atoms with Crippen molar-refractivity contribution in [2.24, 2.45) is 0 Å². The number of hydrogen-bond acceptors (Lipinski definition) is 12. The Labute approximate surface area is 282 Å². The summed E-state index contributed by atoms with van der Waals surface area (Å²) >= 11 is 1.54. The number of anilines is 5. The van der Waals surface area contributed by atoms with Gasteiger partial charge in [-0.25, -0.2) is 4.98 Å². The molecule has 4 aromatic rings. The fourth-order valence-corrected chi connectivity index (χ4v) is 8.54. The molecule has 0 aliphatic carbocycles. The lowest BCUT2D eigenvalue weighted by Crippen LogP contribution is -2.52. The molecule has 2 aromatic carbocycles. The van der Waals surface area contributed by atoms with Crippen molar-refractivity contribution in [3.05, 3.63) is 48.4 Å². The molecule has 250 valence electrons. The maximum atomic E-state index is 13.5. The van der Waals surface area contributed by atoms with Crippen molar-refractivity contribution in [3.63, 3.8) is 0 Å². The first-order valence-electron chi connectivity index (χ1n) is 16.3. The molecule has 11 nitrogen and oxygen atoms in total. The highest BCUT2D eigenvalue weighted by Gasteiger charge is 2.28. The third-order valence-corrected chi connectivity index (χ3v) is 11.5. The number of rotatable bonds is 10. The smallest absolute Gasteiger partial charge is 0.229 e. The number of aryl methyl sites for hydroxylation is 1. The van der Waals surface area contributed by atoms with Crippen molar-refractivity contribution in [2.75, 3.05) is 88.5 Å². The summed E-state index contributed by atoms with van der Waals surface area (Å²) in [7, 11) is 1.19. The fourth-order valence-electron chi connectivity index (χ4n) is 6.70. The third kappa shape index (κ3) is 7.36. The zero-order chi connectivity index (χ0) is 33.1. The summed E-state index contributed by atoms with van der Waals surface area (Å²) in [4.78, 5) is 27.0. The second kappa shape index (κ2) is 14.4. The summed E-state index contributed by atoms with van der Waals surface area (Å²) in [6.07, 6.45) is 10.3. The van der Waals surface area contributed by atoms with E-state index < -0.39 is 7.14 Å². The van der Waals surface area contributed by atoms with Crippen LogP contribution in [0, 0.1) is 0 Å². The number of piperazine rings is 1. The van der Waals surface area contributed by atoms with Crippen molar-refractivity contribution >= 4 is 64.1 Å². The Hall–Kier alpha value is -3.44. The first-order chi connectivity index (χ1) is 22.7. The molecule has 4 heterocycles. The molecule has 0 saturated carbocycles. The molecule has 0 unspecified atom stereocenters. The molecule has 0 spiro atoms. The van der Waals surface area contributed by atoms with E-state index in [2.05, 4.69) is 66.4 Å². The maximum absolute atomic E-state index is 13.5. The van der Waals surface area contributed by atoms with Crippen LogP contribution in [0.1, 0.15) is 25.3 Å². The van der Waals surface area contributed by atoms with Gasteiger partial charge < -0.3 is 29.7 Å². The molecule has 2 fully saturated rings. The number of fused-ring (bicyclic) bond motifs is 1. The molecule has 0 bridgehead atoms. The van der Waals surface area contributed by atoms with E-state index in [1.54, 1.807) is 39.0 Å². The number of benzene rings is 2. The fraction of sp³-hybridized carbons (Fsp3) is 0.471. The van der Waals surface area contributed by atoms with Crippen LogP contribution in [0.4, 0.5) is 28.8 Å². The third-order valence-electron chi connectivity index (χ3n) is 9.27. The Bertz CT molecular complexity index is 1770. The minimum absolute atomic E-state index is 0.435. The van der Waals surface area contributed by atoms with Crippen LogP contribution in [-0.2, 0) is 11.0 Å². The Kier molecular flexibility index (Phi) is 10.2. The van der Waals surface area contributed by atoms with E-state index in [-0.39, 0.29) is 0 Å². The van der Waals surface area contributed by atoms with Crippen molar-refractivity contribution in [3.8, 4) is 5.75 Å². The number of ether oxygens (including phenoxy) is 1. The van der Waals surface area contributed by atoms with Crippen LogP contribution in [0.2, 0.25) is 0 Å². The predicted octanol–water partition coefficient (Wildman–Crippen LogP) is 5.66. The summed E-state index contributed by atoms with van der Waals surface area (Å²) in [5.74, 6) is 1.80. The van der Waals surface area contributed by atoms with Gasteiger partial charge in [0.2, 0.25) is 5.95 Å². The lowest BCUT2D eigenvalue weighted by atomic mass is 9.99. The van der Waals surface area contributed by atoms with Gasteiger partial charge in [-0.2, -0.15) is 4.98 Å². The number of methoxy groups -OCH3 is 1. The summed E-state index contributed by atoms with van der Waals surface area (Å²) < 4.78 is 19.4. The first-order valence-corrected chi connectivity index (χ1v) is 20.1. The molecule has 0 radical (unpaired) electrons. The Morgan fingerprint density at radius 1 is 0.979 bits per heavy atom. The van der Waals surface area contributed by atoms with E-state index in [0.717, 1.165) is 48.9 Å². The Morgan fingerprint density at radius 2 is 1.72 bits per heavy atom. The molecule has 2 N–H and O–H groups in total. The van der Waals surface area contributed by atoms with Gasteiger partial charge in [-0.15, -0.1) is 11.8 Å². The molecule has 13 heteroatoms. The minimum atomic E-state index is -2.73. The average Bonchev–Trinajstić information content (AvgIpc) is 3.08. The van der Waals surface area contributed by atoms with Gasteiger partial charge in [0.1, 0.15) is 24.2 Å². The van der Waals surface area contributed by atoms with E-state index in [0.29, 0.717) is 39.8 Å². The number of aromatic nitrogens is 4. The highest BCUT2D eigenvalue weighted by atomic mass is 32.2. The predicted molar refractivity (Wildman–Crippen MR) is 196 cm³/mol. The molecular weight excluding hydrogens is 629 g/mol. The van der Waals surface area contributed by atoms with Crippen LogP contribution in [0.25, 0.3) is 11.0 Å². The van der Waals surface area contributed by atoms with Gasteiger partial charge in [0.05, 0.1) is 34.2 Å². The average molecular weight is 676 g/mol. The Morgan fingerprint density at radius 3 is 2.40 bits per heavy atom. The van der Waals surface area contributed by atoms with Gasteiger partial charge in [0.15, 0.2) is 0 Å². The maximum Gasteiger partial charge on any atom is 0.229 e. The molecule has 0 amide bonds. The van der Waals surface area contributed by atoms with Crippen LogP contribution in [0.15, 0.2) is 47.8 Å². The normalized spacial score (nSPS) is 16.9. The number of likely N-dealkylation sites (N-methyl/N-ethyl adjacent to an activating group) is 1. The van der Waals surface area contributed by atoms with Gasteiger partial charge in [-0.1, -0.05) is 6.92 Å². The van der Waals surface area contributed by atoms with E-state index >= 15 is 0 Å². The highest BCUT2D eigenvalue weighted by molar-refractivity contribution is 7.98. The zero-order valence-corrected chi connectivity index (χ0v) is 30.0. The number of nitrogens with zero attached hydrogens (tertiary/aromatic N) is 7. The van der Waals surface area contributed by atoms with Crippen LogP contribution in [-0.4, -0.2) is 109 Å². The van der Waals surface area contributed by atoms with Gasteiger partial charge in [0, 0.05) is 75.7 Å². The summed E-state index contributed by atoms with van der Waals surface area (Å²) in [6, 6.07) is 8.78. The molecule has 2 aliphatic rings. The van der Waals surface area contributed by atoms with Crippen LogP contribution >= 0.6 is 18.9 Å². The quantitative estimate of drug-likeness (QED) is 0.160. The van der Waals surface area contributed by atoms with E-state index in [1.807, 2.05) is 18.4 Å². The summed E-state index contributed by atoms with van der Waals surface area (Å²) in [6.45, 7) is 12.4. The van der Waals surface area contributed by atoms with E-state index in [4.69, 9.17) is 9.72 Å². The van der Waals surface area contributed by atoms with Crippen LogP contribution in [0.3, 0.4) is 0 Å². The topological polar surface area (TPSA) is 112 Å². The second-order valence-electron chi connectivity index (χ2n) is 12.7. The number of nitrogens with one attached hydrogen (secondary N) is 2. The van der Waals surface area contributed by atoms with Gasteiger partial charge in [-0.05, 0) is 69.7 Å². The highest BCUT2D eigenvalue weighted by Crippen LogP contribution is 2.42. The lowest BCUT2D eigenvalue weighted by Gasteiger charge is -2.43. The number of hydrogen-bond donors (Lipinski definition) is 2. The van der Waals surface area contributed by atoms with E-state index in [1.165, 1.54) is 48.9 Å². The van der Waals surface area contributed by atoms with Gasteiger partial charge >= 0.3 is 0 Å². The van der Waals surface area contributed by atoms with Gasteiger partial charge in [0.25, 0.3) is 0 Å². The van der Waals surface area contributed by atoms with Crippen molar-refractivity contribution in [1.29, 1.82) is 0 Å². The standard InChI is InChI=1S/C34H46N9O2PS/c1-7-23-20-27(29(45-3)21-28(23)43-14-10-24(11-15-43)42-18-16-41(2)17-19-42)39-34-37-22-30(47-6)33(40-34)38-26-9-8-25-31(36-13-12-35-25)32(26)46(4,5)44/h8-9,12-13,20-22,24H,7,10-11,14-19H2,1-6H3,(H2,37,38,39,40). The molecule has 2 aliphatic heterocycles. The Balaban J connectivity index is 1.24. The molecule has 2 aromatic heterocycles. The molecule has 47 heavy (non-hydrogen) atoms. The van der Waals surface area contributed by atoms with Gasteiger partial charge in [-0.3, -0.25) is 14.9 Å². The van der Waals surface area contributed by atoms with Crippen molar-refractivity contribution in [1.82, 2.24) is 29.7 Å². The number of piperidine rings is 1. The zero-order valence-electron chi connectivity index (χ0n) is 28.3. The van der Waals surface area contributed by atoms with E-state index in [9.17, 15) is 4.57 Å². The molecular formula is C34H46N9O2PS. The monoisotopic (exact) mass is 675 g/mol. The lowest BCUT2D eigenvalue weighted by molar-refractivity contribution is 0.0982. The van der Waals surface area contributed by atoms with Crippen molar-refractivity contribution < 1.29 is 9.30 Å². The second-order valence-corrected chi connectivity index (χ2v) is 16.7. The largest absolute Gasteiger partial charge is 0.494 e. The summed E-state index contributed by atoms with van der Waals surface area (Å²) in [5.41, 5.74) is 5.34. The van der Waals surface area contributed by atoms with Crippen LogP contribution < -0.4 is 25.6 Å².